The van der Waals surface area contributed by atoms with E-state index in [1.807, 2.05) is 37.4 Å². The second-order valence-corrected chi connectivity index (χ2v) is 6.22. The maximum atomic E-state index is 12.3. The third-order valence-electron chi connectivity index (χ3n) is 4.16. The highest BCUT2D eigenvalue weighted by Gasteiger charge is 2.07. The molecule has 0 aliphatic carbocycles. The van der Waals surface area contributed by atoms with E-state index in [1.54, 1.807) is 30.5 Å². The highest BCUT2D eigenvalue weighted by atomic mass is 16.2. The second kappa shape index (κ2) is 8.80. The first-order valence-electron chi connectivity index (χ1n) is 8.97. The van der Waals surface area contributed by atoms with Crippen LogP contribution < -0.4 is 10.7 Å². The Hall–Kier alpha value is -3.41. The maximum absolute atomic E-state index is 12.3. The molecular formula is C21H22N4O2. The molecule has 0 radical (unpaired) electrons. The average molecular weight is 362 g/mol. The highest BCUT2D eigenvalue weighted by molar-refractivity contribution is 6.00. The van der Waals surface area contributed by atoms with Gasteiger partial charge in [0.15, 0.2) is 0 Å². The summed E-state index contributed by atoms with van der Waals surface area (Å²) in [5.41, 5.74) is 5.45. The molecule has 0 saturated carbocycles. The number of hydrogen-bond acceptors (Lipinski definition) is 3. The van der Waals surface area contributed by atoms with Crippen LogP contribution in [0.15, 0.2) is 59.8 Å². The van der Waals surface area contributed by atoms with Crippen LogP contribution in [0.3, 0.4) is 0 Å². The molecule has 1 aromatic heterocycles. The molecule has 0 atom stereocenters. The molecule has 2 amide bonds. The summed E-state index contributed by atoms with van der Waals surface area (Å²) in [5.74, 6) is -0.387. The molecule has 1 heterocycles. The van der Waals surface area contributed by atoms with Gasteiger partial charge in [0.05, 0.1) is 6.21 Å². The first-order chi connectivity index (χ1) is 13.2. The van der Waals surface area contributed by atoms with E-state index in [-0.39, 0.29) is 11.8 Å². The van der Waals surface area contributed by atoms with Crippen molar-refractivity contribution < 1.29 is 9.59 Å². The molecule has 27 heavy (non-hydrogen) atoms. The first-order valence-corrected chi connectivity index (χ1v) is 8.97. The number of aromatic amines is 1. The summed E-state index contributed by atoms with van der Waals surface area (Å²) in [4.78, 5) is 27.3. The van der Waals surface area contributed by atoms with E-state index in [2.05, 4.69) is 20.8 Å². The van der Waals surface area contributed by atoms with Gasteiger partial charge in [0.2, 0.25) is 5.91 Å². The minimum absolute atomic E-state index is 0.0493. The number of rotatable bonds is 7. The molecular weight excluding hydrogens is 340 g/mol. The minimum Gasteiger partial charge on any atom is -0.361 e. The number of amides is 2. The molecule has 0 spiro atoms. The molecule has 2 aromatic carbocycles. The van der Waals surface area contributed by atoms with Gasteiger partial charge in [-0.15, -0.1) is 0 Å². The predicted molar refractivity (Wildman–Crippen MR) is 108 cm³/mol. The van der Waals surface area contributed by atoms with Crippen LogP contribution in [0.4, 0.5) is 5.69 Å². The zero-order valence-electron chi connectivity index (χ0n) is 15.2. The first kappa shape index (κ1) is 18.4. The Labute approximate surface area is 157 Å². The summed E-state index contributed by atoms with van der Waals surface area (Å²) in [7, 11) is 0. The van der Waals surface area contributed by atoms with Gasteiger partial charge in [-0.1, -0.05) is 37.6 Å². The van der Waals surface area contributed by atoms with Gasteiger partial charge in [-0.3, -0.25) is 9.59 Å². The Morgan fingerprint density at radius 2 is 2.00 bits per heavy atom. The number of nitrogens with one attached hydrogen (secondary N) is 3. The molecule has 138 valence electrons. The number of anilines is 1. The number of aromatic nitrogens is 1. The number of carbonyl (C=O) groups excluding carboxylic acids is 2. The Balaban J connectivity index is 1.62. The van der Waals surface area contributed by atoms with Crippen LogP contribution >= 0.6 is 0 Å². The zero-order chi connectivity index (χ0) is 19.1. The van der Waals surface area contributed by atoms with E-state index in [0.717, 1.165) is 29.3 Å². The lowest BCUT2D eigenvalue weighted by Gasteiger charge is -2.06. The van der Waals surface area contributed by atoms with Crippen molar-refractivity contribution in [3.05, 3.63) is 65.9 Å². The van der Waals surface area contributed by atoms with Crippen LogP contribution in [0.5, 0.6) is 0 Å². The number of para-hydroxylation sites is 1. The third kappa shape index (κ3) is 4.82. The number of hydrogen-bond donors (Lipinski definition) is 3. The van der Waals surface area contributed by atoms with Crippen molar-refractivity contribution in [2.45, 2.75) is 26.2 Å². The normalized spacial score (nSPS) is 11.0. The standard InChI is InChI=1S/C21H22N4O2/c1-2-3-11-20(26)24-17-8-6-7-15(12-17)21(27)25-23-14-16-13-22-19-10-5-4-9-18(16)19/h4-10,12-14,22H,2-3,11H2,1H3,(H,24,26)(H,25,27)/b23-14-. The minimum atomic E-state index is -0.337. The summed E-state index contributed by atoms with van der Waals surface area (Å²) >= 11 is 0. The van der Waals surface area contributed by atoms with Crippen LogP contribution in [-0.2, 0) is 4.79 Å². The summed E-state index contributed by atoms with van der Waals surface area (Å²) in [6.07, 6.45) is 5.72. The molecule has 6 heteroatoms. The van der Waals surface area contributed by atoms with Gasteiger partial charge in [0.25, 0.3) is 5.91 Å². The van der Waals surface area contributed by atoms with Gasteiger partial charge < -0.3 is 10.3 Å². The van der Waals surface area contributed by atoms with Crippen molar-refractivity contribution in [3.63, 3.8) is 0 Å². The Morgan fingerprint density at radius 3 is 2.85 bits per heavy atom. The van der Waals surface area contributed by atoms with Crippen LogP contribution in [-0.4, -0.2) is 23.0 Å². The summed E-state index contributed by atoms with van der Waals surface area (Å²) < 4.78 is 0. The van der Waals surface area contributed by atoms with Crippen LogP contribution in [0.25, 0.3) is 10.9 Å². The van der Waals surface area contributed by atoms with Gasteiger partial charge >= 0.3 is 0 Å². The Kier molecular flexibility index (Phi) is 5.99. The topological polar surface area (TPSA) is 86.3 Å². The molecule has 0 aliphatic rings. The van der Waals surface area contributed by atoms with E-state index in [9.17, 15) is 9.59 Å². The van der Waals surface area contributed by atoms with Crippen LogP contribution in [0, 0.1) is 0 Å². The largest absolute Gasteiger partial charge is 0.361 e. The molecule has 0 aliphatic heterocycles. The number of benzene rings is 2. The summed E-state index contributed by atoms with van der Waals surface area (Å²) in [6, 6.07) is 14.7. The predicted octanol–water partition coefficient (Wildman–Crippen LogP) is 4.06. The summed E-state index contributed by atoms with van der Waals surface area (Å²) in [5, 5.41) is 7.88. The van der Waals surface area contributed by atoms with Gasteiger partial charge in [-0.25, -0.2) is 5.43 Å². The number of hydrazone groups is 1. The highest BCUT2D eigenvalue weighted by Crippen LogP contribution is 2.15. The van der Waals surface area contributed by atoms with Gasteiger partial charge in [0, 0.05) is 40.3 Å². The number of H-pyrrole nitrogens is 1. The molecule has 0 saturated heterocycles. The second-order valence-electron chi connectivity index (χ2n) is 6.22. The van der Waals surface area contributed by atoms with Gasteiger partial charge in [0.1, 0.15) is 0 Å². The molecule has 0 bridgehead atoms. The number of nitrogens with zero attached hydrogens (tertiary/aromatic N) is 1. The third-order valence-corrected chi connectivity index (χ3v) is 4.16. The SMILES string of the molecule is CCCCC(=O)Nc1cccc(C(=O)N/N=C\c2c[nH]c3ccccc23)c1. The number of unbranched alkanes of at least 4 members (excludes halogenated alkanes) is 1. The lowest BCUT2D eigenvalue weighted by atomic mass is 10.2. The summed E-state index contributed by atoms with van der Waals surface area (Å²) in [6.45, 7) is 2.04. The smallest absolute Gasteiger partial charge is 0.271 e. The maximum Gasteiger partial charge on any atom is 0.271 e. The van der Waals surface area contributed by atoms with Crippen molar-refractivity contribution in [2.75, 3.05) is 5.32 Å². The lowest BCUT2D eigenvalue weighted by Crippen LogP contribution is -2.18. The fourth-order valence-corrected chi connectivity index (χ4v) is 2.72. The molecule has 3 N–H and O–H groups in total. The van der Waals surface area contributed by atoms with E-state index < -0.39 is 0 Å². The quantitative estimate of drug-likeness (QED) is 0.437. The average Bonchev–Trinajstić information content (AvgIpc) is 3.10. The van der Waals surface area contributed by atoms with Crippen LogP contribution in [0.1, 0.15) is 42.1 Å². The zero-order valence-corrected chi connectivity index (χ0v) is 15.2. The van der Waals surface area contributed by atoms with E-state index in [1.165, 1.54) is 0 Å². The lowest BCUT2D eigenvalue weighted by molar-refractivity contribution is -0.116. The van der Waals surface area contributed by atoms with Crippen molar-refractivity contribution >= 4 is 34.6 Å². The van der Waals surface area contributed by atoms with Crippen LogP contribution in [0.2, 0.25) is 0 Å². The molecule has 0 unspecified atom stereocenters. The van der Waals surface area contributed by atoms with E-state index in [4.69, 9.17) is 0 Å². The molecule has 3 rings (SSSR count). The van der Waals surface area contributed by atoms with E-state index >= 15 is 0 Å². The van der Waals surface area contributed by atoms with Crippen molar-refractivity contribution in [1.82, 2.24) is 10.4 Å². The molecule has 6 nitrogen and oxygen atoms in total. The Bertz CT molecular complexity index is 975. The number of carbonyl (C=O) groups is 2. The monoisotopic (exact) mass is 362 g/mol. The number of fused-ring (bicyclic) bond motifs is 1. The van der Waals surface area contributed by atoms with Crippen molar-refractivity contribution in [3.8, 4) is 0 Å². The van der Waals surface area contributed by atoms with Gasteiger partial charge in [-0.2, -0.15) is 5.10 Å². The van der Waals surface area contributed by atoms with Gasteiger partial charge in [-0.05, 0) is 30.7 Å². The Morgan fingerprint density at radius 1 is 1.15 bits per heavy atom. The van der Waals surface area contributed by atoms with Crippen molar-refractivity contribution in [2.24, 2.45) is 5.10 Å². The fraction of sp³-hybridized carbons (Fsp3) is 0.190. The molecule has 3 aromatic rings. The fourth-order valence-electron chi connectivity index (χ4n) is 2.72. The van der Waals surface area contributed by atoms with Crippen molar-refractivity contribution in [1.29, 1.82) is 0 Å². The molecule has 0 fully saturated rings. The van der Waals surface area contributed by atoms with E-state index in [0.29, 0.717) is 17.7 Å².